The molecule has 0 unspecified atom stereocenters. The van der Waals surface area contributed by atoms with Crippen LogP contribution in [0.4, 0.5) is 0 Å². The van der Waals surface area contributed by atoms with E-state index in [1.165, 1.54) is 12.0 Å². The van der Waals surface area contributed by atoms with Gasteiger partial charge >= 0.3 is 0 Å². The Balaban J connectivity index is 0.000000169. The van der Waals surface area contributed by atoms with E-state index < -0.39 is 20.2 Å². The SMILES string of the molecule is CC[C@H]1[C@@H](O)[C@@H]2[C@H](CC[C@]3(C)[C@@H]([C@H](C)COS(=O)(=O)c4ccc(C)cc4)CC[C@@H]23)[C@@]2(C)CCC(=O)C[C@@H]12.CC[C@]12O[C@H]1[C@H]1[C@@H]3CC[C@H]([C@H](C)COS(=O)(=O)c4ccc(C)cc4)[C@@]3(C)CC[C@@H]1[C@@]1(C)CCC(=O)C=C12. The summed E-state index contributed by atoms with van der Waals surface area (Å²) in [6.45, 7) is 22.7. The summed E-state index contributed by atoms with van der Waals surface area (Å²) in [4.78, 5) is 25.3. The number of aryl methyl sites for hydroxylation is 2. The number of hydrogen-bond acceptors (Lipinski definition) is 10. The van der Waals surface area contributed by atoms with Crippen molar-refractivity contribution in [2.75, 3.05) is 13.2 Å². The van der Waals surface area contributed by atoms with E-state index in [0.717, 1.165) is 81.8 Å². The third-order valence-corrected chi connectivity index (χ3v) is 26.0. The number of epoxide rings is 1. The number of carbonyl (C=O) groups excluding carboxylic acids is 2. The van der Waals surface area contributed by atoms with E-state index in [-0.39, 0.29) is 91.9 Å². The van der Waals surface area contributed by atoms with Gasteiger partial charge in [0.1, 0.15) is 11.4 Å². The van der Waals surface area contributed by atoms with Gasteiger partial charge in [-0.3, -0.25) is 18.0 Å². The van der Waals surface area contributed by atoms with Gasteiger partial charge in [-0.2, -0.15) is 16.8 Å². The molecule has 1 N–H and O–H groups in total. The number of aliphatic hydroxyl groups excluding tert-OH is 1. The highest BCUT2D eigenvalue weighted by molar-refractivity contribution is 7.87. The Kier molecular flexibility index (Phi) is 14.4. The third-order valence-electron chi connectivity index (χ3n) is 23.4. The van der Waals surface area contributed by atoms with Crippen LogP contribution in [-0.4, -0.2) is 64.5 Å². The van der Waals surface area contributed by atoms with Crippen LogP contribution in [0.5, 0.6) is 0 Å². The predicted octanol–water partition coefficient (Wildman–Crippen LogP) is 12.4. The van der Waals surface area contributed by atoms with Gasteiger partial charge in [0.15, 0.2) is 5.78 Å². The Hall–Kier alpha value is -2.74. The summed E-state index contributed by atoms with van der Waals surface area (Å²) < 4.78 is 69.3. The minimum Gasteiger partial charge on any atom is -0.393 e. The highest BCUT2D eigenvalue weighted by Gasteiger charge is 2.75. The predicted molar refractivity (Wildman–Crippen MR) is 287 cm³/mol. The second-order valence-electron chi connectivity index (χ2n) is 26.7. The van der Waals surface area contributed by atoms with E-state index in [0.29, 0.717) is 72.4 Å². The number of carbonyl (C=O) groups is 2. The fraction of sp³-hybridized carbons (Fsp3) is 0.742. The second kappa shape index (κ2) is 19.6. The van der Waals surface area contributed by atoms with E-state index in [9.17, 15) is 31.5 Å². The number of hydrogen-bond donors (Lipinski definition) is 1. The lowest BCUT2D eigenvalue weighted by molar-refractivity contribution is -0.194. The average Bonchev–Trinajstić information content (AvgIpc) is 3.86. The molecule has 0 aromatic heterocycles. The highest BCUT2D eigenvalue weighted by atomic mass is 32.2. The summed E-state index contributed by atoms with van der Waals surface area (Å²) in [5.74, 6) is 5.04. The van der Waals surface area contributed by atoms with Gasteiger partial charge in [0.05, 0.1) is 35.2 Å². The van der Waals surface area contributed by atoms with Crippen LogP contribution in [0.3, 0.4) is 0 Å². The molecule has 0 amide bonds. The summed E-state index contributed by atoms with van der Waals surface area (Å²) in [7, 11) is -7.55. The normalized spacial score (nSPS) is 42.9. The van der Waals surface area contributed by atoms with Gasteiger partial charge in [0.25, 0.3) is 20.2 Å². The average molecular weight is 1060 g/mol. The van der Waals surface area contributed by atoms with Crippen LogP contribution in [0.1, 0.15) is 163 Å². The number of fused-ring (bicyclic) bond motifs is 13. The number of rotatable bonds is 12. The lowest BCUT2D eigenvalue weighted by Crippen LogP contribution is -2.62. The van der Waals surface area contributed by atoms with Gasteiger partial charge in [-0.05, 0) is 213 Å². The topological polar surface area (TPSA) is 154 Å². The Morgan fingerprint density at radius 3 is 1.65 bits per heavy atom. The monoisotopic (exact) mass is 1060 g/mol. The number of benzene rings is 2. The Morgan fingerprint density at radius 2 is 1.14 bits per heavy atom. The van der Waals surface area contributed by atoms with Crippen LogP contribution < -0.4 is 0 Å². The molecule has 408 valence electrons. The smallest absolute Gasteiger partial charge is 0.296 e. The molecule has 74 heavy (non-hydrogen) atoms. The molecule has 1 saturated heterocycles. The van der Waals surface area contributed by atoms with Crippen molar-refractivity contribution < 1.29 is 44.6 Å². The molecule has 8 aliphatic carbocycles. The van der Waals surface area contributed by atoms with Crippen LogP contribution in [0.2, 0.25) is 0 Å². The van der Waals surface area contributed by atoms with Gasteiger partial charge in [-0.15, -0.1) is 0 Å². The molecule has 7 saturated carbocycles. The van der Waals surface area contributed by atoms with E-state index in [1.807, 2.05) is 32.1 Å². The molecule has 1 heterocycles. The van der Waals surface area contributed by atoms with E-state index in [1.54, 1.807) is 36.4 Å². The first-order valence-electron chi connectivity index (χ1n) is 28.9. The molecular weight excluding hydrogens is 969 g/mol. The first-order chi connectivity index (χ1) is 34.9. The lowest BCUT2D eigenvalue weighted by atomic mass is 9.41. The van der Waals surface area contributed by atoms with Crippen LogP contribution in [0.15, 0.2) is 70.0 Å². The Labute approximate surface area is 444 Å². The maximum atomic E-state index is 12.9. The maximum absolute atomic E-state index is 12.9. The first-order valence-corrected chi connectivity index (χ1v) is 31.8. The van der Waals surface area contributed by atoms with Crippen molar-refractivity contribution in [3.05, 3.63) is 71.3 Å². The quantitative estimate of drug-likeness (QED) is 0.160. The van der Waals surface area contributed by atoms with Crippen molar-refractivity contribution in [1.82, 2.24) is 0 Å². The largest absolute Gasteiger partial charge is 0.393 e. The van der Waals surface area contributed by atoms with Gasteiger partial charge in [0.2, 0.25) is 0 Å². The van der Waals surface area contributed by atoms with E-state index in [4.69, 9.17) is 13.1 Å². The molecule has 12 heteroatoms. The van der Waals surface area contributed by atoms with E-state index in [2.05, 4.69) is 55.4 Å². The Morgan fingerprint density at radius 1 is 0.635 bits per heavy atom. The van der Waals surface area contributed by atoms with Crippen molar-refractivity contribution >= 4 is 31.8 Å². The molecule has 9 aliphatic rings. The summed E-state index contributed by atoms with van der Waals surface area (Å²) in [5, 5.41) is 11.8. The highest BCUT2D eigenvalue weighted by Crippen LogP contribution is 2.75. The molecule has 0 bridgehead atoms. The van der Waals surface area contributed by atoms with Gasteiger partial charge in [-0.1, -0.05) is 97.2 Å². The standard InChI is InChI=1S/C31H42O5S.C31H46O5S/c1-6-31-26-17-21(32)13-15-30(26,5)25-14-16-29(4)23(11-12-24(29)27(25)28(31)36-31)20(3)18-35-37(33,34)22-9-7-19(2)8-10-22;1-6-23-27-17-21(32)13-15-31(27,5)26-14-16-30(4)24(11-12-25(30)28(26)29(23)33)20(3)18-36-37(34,35)22-9-7-19(2)8-10-22/h7-10,17,20,23-25,27-28H,6,11-16,18H2,1-5H3;7-10,20,23-29,33H,6,11-18H2,1-5H3/t20-,23-,24+,25+,27+,28+,29-,30-,31-;20-,23-,24-,25+,26+,27+,28+,29-,30-,31-/m11/s1. The molecule has 19 atom stereocenters. The lowest BCUT2D eigenvalue weighted by Gasteiger charge is -2.64. The number of aliphatic hydroxyl groups is 1. The van der Waals surface area contributed by atoms with Crippen LogP contribution in [0.25, 0.3) is 0 Å². The zero-order chi connectivity index (χ0) is 53.1. The summed E-state index contributed by atoms with van der Waals surface area (Å²) in [6.07, 6.45) is 16.5. The molecule has 1 aliphatic heterocycles. The van der Waals surface area contributed by atoms with E-state index >= 15 is 0 Å². The molecule has 0 radical (unpaired) electrons. The minimum atomic E-state index is -3.78. The Bertz CT molecular complexity index is 2720. The zero-order valence-corrected chi connectivity index (χ0v) is 47.9. The number of Topliss-reactive ketones (excluding diaryl/α,β-unsaturated/α-hetero) is 1. The molecule has 8 fully saturated rings. The fourth-order valence-electron chi connectivity index (χ4n) is 19.4. The van der Waals surface area contributed by atoms with Crippen molar-refractivity contribution in [3.8, 4) is 0 Å². The summed E-state index contributed by atoms with van der Waals surface area (Å²) in [6, 6.07) is 13.7. The molecule has 10 nitrogen and oxygen atoms in total. The molecular formula is C62H88O10S2. The van der Waals surface area contributed by atoms with Crippen LogP contribution >= 0.6 is 0 Å². The van der Waals surface area contributed by atoms with Crippen molar-refractivity contribution in [1.29, 1.82) is 0 Å². The van der Waals surface area contributed by atoms with Crippen LogP contribution in [-0.2, 0) is 42.9 Å². The van der Waals surface area contributed by atoms with Crippen molar-refractivity contribution in [2.24, 2.45) is 92.7 Å². The molecule has 2 aromatic rings. The third kappa shape index (κ3) is 8.82. The fourth-order valence-corrected chi connectivity index (χ4v) is 21.4. The molecule has 0 spiro atoms. The summed E-state index contributed by atoms with van der Waals surface area (Å²) >= 11 is 0. The second-order valence-corrected chi connectivity index (χ2v) is 30.0. The van der Waals surface area contributed by atoms with Crippen molar-refractivity contribution in [2.45, 2.75) is 193 Å². The summed E-state index contributed by atoms with van der Waals surface area (Å²) in [5.41, 5.74) is 3.52. The molecule has 2 aromatic carbocycles. The minimum absolute atomic E-state index is 0.0534. The number of ether oxygens (including phenoxy) is 1. The number of ketones is 2. The van der Waals surface area contributed by atoms with Crippen LogP contribution in [0, 0.1) is 107 Å². The first kappa shape index (κ1) is 54.6. The van der Waals surface area contributed by atoms with Gasteiger partial charge in [0, 0.05) is 19.3 Å². The van der Waals surface area contributed by atoms with Gasteiger partial charge in [-0.25, -0.2) is 0 Å². The molecule has 11 rings (SSSR count). The van der Waals surface area contributed by atoms with Gasteiger partial charge < -0.3 is 9.84 Å². The zero-order valence-electron chi connectivity index (χ0n) is 46.2. The maximum Gasteiger partial charge on any atom is 0.296 e. The van der Waals surface area contributed by atoms with Crippen molar-refractivity contribution in [3.63, 3.8) is 0 Å².